The first kappa shape index (κ1) is 7.46. The third kappa shape index (κ3) is 2.21. The van der Waals surface area contributed by atoms with E-state index < -0.39 is 12.0 Å². The molecule has 1 aromatic rings. The number of ether oxygens (including phenoxy) is 1. The van der Waals surface area contributed by atoms with Crippen molar-refractivity contribution < 1.29 is 13.9 Å². The lowest BCUT2D eigenvalue weighted by Crippen LogP contribution is -2.16. The number of hydrogen-bond acceptors (Lipinski definition) is 3. The Balaban J connectivity index is 2.74. The van der Waals surface area contributed by atoms with Gasteiger partial charge in [-0.15, -0.1) is 0 Å². The lowest BCUT2D eigenvalue weighted by Gasteiger charge is -1.97. The van der Waals surface area contributed by atoms with Crippen LogP contribution < -0.4 is 10.5 Å². The number of carbonyl (C=O) groups excluding carboxylic acids is 1. The molecule has 0 aliphatic rings. The molecular formula is C6H5FN2O2. The van der Waals surface area contributed by atoms with E-state index in [1.54, 1.807) is 0 Å². The summed E-state index contributed by atoms with van der Waals surface area (Å²) in [6, 6.07) is 2.32. The highest BCUT2D eigenvalue weighted by Crippen LogP contribution is 2.07. The Hall–Kier alpha value is -1.65. The van der Waals surface area contributed by atoms with Crippen LogP contribution in [-0.2, 0) is 0 Å². The van der Waals surface area contributed by atoms with Crippen molar-refractivity contribution in [1.82, 2.24) is 4.98 Å². The number of halogens is 1. The quantitative estimate of drug-likeness (QED) is 0.608. The van der Waals surface area contributed by atoms with E-state index in [1.165, 1.54) is 6.07 Å². The van der Waals surface area contributed by atoms with Crippen LogP contribution in [0.3, 0.4) is 0 Å². The van der Waals surface area contributed by atoms with Crippen molar-refractivity contribution in [1.29, 1.82) is 0 Å². The second-order valence-corrected chi connectivity index (χ2v) is 1.74. The average molecular weight is 156 g/mol. The number of pyridine rings is 1. The van der Waals surface area contributed by atoms with Gasteiger partial charge in [-0.1, -0.05) is 0 Å². The second kappa shape index (κ2) is 2.96. The van der Waals surface area contributed by atoms with Crippen molar-refractivity contribution in [3.05, 3.63) is 24.3 Å². The maximum Gasteiger partial charge on any atom is 0.410 e. The number of amides is 1. The highest BCUT2D eigenvalue weighted by molar-refractivity contribution is 5.67. The van der Waals surface area contributed by atoms with Gasteiger partial charge in [0.05, 0.1) is 6.20 Å². The molecule has 0 bridgehead atoms. The highest BCUT2D eigenvalue weighted by Gasteiger charge is 1.98. The standard InChI is InChI=1S/C6H5FN2O2/c7-5-2-1-4(3-9-5)11-6(8)10/h1-3H,(H2,8,10). The summed E-state index contributed by atoms with van der Waals surface area (Å²) in [5.41, 5.74) is 4.68. The van der Waals surface area contributed by atoms with Crippen LogP contribution in [0.2, 0.25) is 0 Å². The third-order valence-corrected chi connectivity index (χ3v) is 0.919. The van der Waals surface area contributed by atoms with Gasteiger partial charge in [0.2, 0.25) is 5.95 Å². The number of aromatic nitrogens is 1. The molecule has 5 heteroatoms. The van der Waals surface area contributed by atoms with E-state index in [-0.39, 0.29) is 5.75 Å². The van der Waals surface area contributed by atoms with Gasteiger partial charge in [-0.05, 0) is 12.1 Å². The van der Waals surface area contributed by atoms with Crippen LogP contribution in [0, 0.1) is 5.95 Å². The monoisotopic (exact) mass is 156 g/mol. The molecule has 0 aromatic carbocycles. The van der Waals surface area contributed by atoms with Gasteiger partial charge in [-0.25, -0.2) is 9.78 Å². The molecule has 1 aromatic heterocycles. The zero-order valence-corrected chi connectivity index (χ0v) is 5.45. The molecule has 0 unspecified atom stereocenters. The number of rotatable bonds is 1. The lowest BCUT2D eigenvalue weighted by atomic mass is 10.5. The Morgan fingerprint density at radius 2 is 2.36 bits per heavy atom. The number of nitrogens with zero attached hydrogens (tertiary/aromatic N) is 1. The van der Waals surface area contributed by atoms with Crippen molar-refractivity contribution in [2.24, 2.45) is 5.73 Å². The van der Waals surface area contributed by atoms with E-state index in [4.69, 9.17) is 0 Å². The molecule has 4 nitrogen and oxygen atoms in total. The molecule has 2 N–H and O–H groups in total. The zero-order valence-electron chi connectivity index (χ0n) is 5.45. The van der Waals surface area contributed by atoms with E-state index in [1.807, 2.05) is 0 Å². The third-order valence-electron chi connectivity index (χ3n) is 0.919. The molecule has 1 heterocycles. The van der Waals surface area contributed by atoms with Crippen molar-refractivity contribution in [2.75, 3.05) is 0 Å². The number of primary amides is 1. The van der Waals surface area contributed by atoms with Crippen LogP contribution in [0.15, 0.2) is 18.3 Å². The first-order valence-corrected chi connectivity index (χ1v) is 2.77. The fourth-order valence-electron chi connectivity index (χ4n) is 0.539. The van der Waals surface area contributed by atoms with Crippen LogP contribution in [0.1, 0.15) is 0 Å². The minimum atomic E-state index is -0.946. The van der Waals surface area contributed by atoms with Gasteiger partial charge in [0.25, 0.3) is 0 Å². The minimum absolute atomic E-state index is 0.124. The number of carbonyl (C=O) groups is 1. The Morgan fingerprint density at radius 1 is 1.64 bits per heavy atom. The van der Waals surface area contributed by atoms with Crippen LogP contribution in [0.4, 0.5) is 9.18 Å². The molecule has 1 amide bonds. The van der Waals surface area contributed by atoms with E-state index in [0.717, 1.165) is 12.3 Å². The van der Waals surface area contributed by atoms with Gasteiger partial charge < -0.3 is 10.5 Å². The molecule has 0 saturated heterocycles. The van der Waals surface area contributed by atoms with Crippen LogP contribution >= 0.6 is 0 Å². The number of hydrogen-bond donors (Lipinski definition) is 1. The summed E-state index contributed by atoms with van der Waals surface area (Å²) >= 11 is 0. The Bertz CT molecular complexity index is 260. The Kier molecular flexibility index (Phi) is 2.00. The summed E-state index contributed by atoms with van der Waals surface area (Å²) in [4.78, 5) is 13.4. The summed E-state index contributed by atoms with van der Waals surface area (Å²) in [7, 11) is 0. The van der Waals surface area contributed by atoms with Gasteiger partial charge >= 0.3 is 6.09 Å². The Morgan fingerprint density at radius 3 is 2.82 bits per heavy atom. The normalized spacial score (nSPS) is 9.18. The molecule has 0 atom stereocenters. The SMILES string of the molecule is NC(=O)Oc1ccc(F)nc1. The van der Waals surface area contributed by atoms with Gasteiger partial charge in [0.1, 0.15) is 0 Å². The molecule has 58 valence electrons. The summed E-state index contributed by atoms with van der Waals surface area (Å²) in [6.45, 7) is 0. The van der Waals surface area contributed by atoms with Crippen molar-refractivity contribution >= 4 is 6.09 Å². The van der Waals surface area contributed by atoms with E-state index in [0.29, 0.717) is 0 Å². The summed E-state index contributed by atoms with van der Waals surface area (Å²) in [5, 5.41) is 0. The van der Waals surface area contributed by atoms with Crippen molar-refractivity contribution in [3.8, 4) is 5.75 Å². The largest absolute Gasteiger partial charge is 0.410 e. The van der Waals surface area contributed by atoms with E-state index >= 15 is 0 Å². The number of nitrogens with two attached hydrogens (primary N) is 1. The smallest absolute Gasteiger partial charge is 0.409 e. The molecule has 0 saturated carbocycles. The second-order valence-electron chi connectivity index (χ2n) is 1.74. The van der Waals surface area contributed by atoms with Gasteiger partial charge in [-0.2, -0.15) is 4.39 Å². The van der Waals surface area contributed by atoms with Crippen molar-refractivity contribution in [2.45, 2.75) is 0 Å². The molecule has 11 heavy (non-hydrogen) atoms. The Labute approximate surface area is 61.8 Å². The molecule has 0 aliphatic heterocycles. The topological polar surface area (TPSA) is 65.2 Å². The maximum atomic E-state index is 12.1. The van der Waals surface area contributed by atoms with Crippen LogP contribution in [-0.4, -0.2) is 11.1 Å². The molecule has 0 aliphatic carbocycles. The zero-order chi connectivity index (χ0) is 8.27. The van der Waals surface area contributed by atoms with E-state index in [9.17, 15) is 9.18 Å². The average Bonchev–Trinajstić information content (AvgIpc) is 1.93. The fourth-order valence-corrected chi connectivity index (χ4v) is 0.539. The summed E-state index contributed by atoms with van der Waals surface area (Å²) < 4.78 is 16.5. The lowest BCUT2D eigenvalue weighted by molar-refractivity contribution is 0.210. The molecule has 0 spiro atoms. The van der Waals surface area contributed by atoms with E-state index in [2.05, 4.69) is 15.5 Å². The first-order chi connectivity index (χ1) is 5.18. The van der Waals surface area contributed by atoms with Crippen LogP contribution in [0.25, 0.3) is 0 Å². The molecular weight excluding hydrogens is 151 g/mol. The first-order valence-electron chi connectivity index (χ1n) is 2.77. The maximum absolute atomic E-state index is 12.1. The van der Waals surface area contributed by atoms with Gasteiger partial charge in [0, 0.05) is 0 Å². The summed E-state index contributed by atoms with van der Waals surface area (Å²) in [6.07, 6.45) is 0.124. The molecule has 0 radical (unpaired) electrons. The molecule has 1 rings (SSSR count). The predicted octanol–water partition coefficient (Wildman–Crippen LogP) is 0.678. The van der Waals surface area contributed by atoms with Crippen molar-refractivity contribution in [3.63, 3.8) is 0 Å². The predicted molar refractivity (Wildman–Crippen MR) is 34.4 cm³/mol. The molecule has 0 fully saturated rings. The van der Waals surface area contributed by atoms with Gasteiger partial charge in [-0.3, -0.25) is 0 Å². The summed E-state index contributed by atoms with van der Waals surface area (Å²) in [5.74, 6) is -0.513. The fraction of sp³-hybridized carbons (Fsp3) is 0. The minimum Gasteiger partial charge on any atom is -0.409 e. The highest BCUT2D eigenvalue weighted by atomic mass is 19.1. The van der Waals surface area contributed by atoms with Gasteiger partial charge in [0.15, 0.2) is 5.75 Å². The van der Waals surface area contributed by atoms with Crippen LogP contribution in [0.5, 0.6) is 5.75 Å².